The Morgan fingerprint density at radius 2 is 1.63 bits per heavy atom. The van der Waals surface area contributed by atoms with Gasteiger partial charge >= 0.3 is 18.2 Å². The molecule has 0 fully saturated rings. The third-order valence-corrected chi connectivity index (χ3v) is 4.17. The first kappa shape index (κ1) is 27.4. The monoisotopic (exact) mass is 433 g/mol. The highest BCUT2D eigenvalue weighted by atomic mass is 19.4. The third kappa shape index (κ3) is 8.84. The Labute approximate surface area is 175 Å². The van der Waals surface area contributed by atoms with Crippen LogP contribution in [0.3, 0.4) is 0 Å². The van der Waals surface area contributed by atoms with Crippen molar-refractivity contribution < 1.29 is 37.4 Å². The Balaban J connectivity index is 0.000000787. The summed E-state index contributed by atoms with van der Waals surface area (Å²) in [6, 6.07) is 7.88. The topological polar surface area (TPSA) is 83.9 Å². The molecule has 6 nitrogen and oxygen atoms in total. The van der Waals surface area contributed by atoms with E-state index in [1.807, 2.05) is 20.8 Å². The molecule has 1 aromatic rings. The minimum atomic E-state index is -5.06. The first-order valence-corrected chi connectivity index (χ1v) is 9.66. The average Bonchev–Trinajstić information content (AvgIpc) is 2.61. The summed E-state index contributed by atoms with van der Waals surface area (Å²) in [6.07, 6.45) is -4.49. The summed E-state index contributed by atoms with van der Waals surface area (Å²) in [4.78, 5) is 33.4. The number of carboxylic acid groups (broad SMARTS) is 1. The Kier molecular flexibility index (Phi) is 11.1. The lowest BCUT2D eigenvalue weighted by atomic mass is 9.95. The molecule has 0 bridgehead atoms. The van der Waals surface area contributed by atoms with E-state index in [-0.39, 0.29) is 18.5 Å². The molecule has 0 aliphatic carbocycles. The molecule has 1 aromatic carbocycles. The zero-order chi connectivity index (χ0) is 23.5. The zero-order valence-corrected chi connectivity index (χ0v) is 18.0. The van der Waals surface area contributed by atoms with E-state index in [1.165, 1.54) is 19.1 Å². The minimum Gasteiger partial charge on any atom is -0.480 e. The zero-order valence-electron chi connectivity index (χ0n) is 18.0. The number of ether oxygens (including phenoxy) is 1. The Bertz CT molecular complexity index is 692. The second-order valence-corrected chi connectivity index (χ2v) is 7.08. The molecule has 1 rings (SSSR count). The minimum absolute atomic E-state index is 0.0315. The molecule has 0 radical (unpaired) electrons. The molecule has 1 unspecified atom stereocenters. The second-order valence-electron chi connectivity index (χ2n) is 7.08. The van der Waals surface area contributed by atoms with Crippen LogP contribution in [0.5, 0.6) is 0 Å². The van der Waals surface area contributed by atoms with Crippen LogP contribution < -0.4 is 0 Å². The van der Waals surface area contributed by atoms with Gasteiger partial charge < -0.3 is 9.84 Å². The number of carboxylic acids is 1. The van der Waals surface area contributed by atoms with Gasteiger partial charge in [-0.2, -0.15) is 0 Å². The number of amides is 1. The van der Waals surface area contributed by atoms with Crippen molar-refractivity contribution >= 4 is 17.8 Å². The fourth-order valence-electron chi connectivity index (χ4n) is 2.48. The van der Waals surface area contributed by atoms with E-state index < -0.39 is 35.0 Å². The number of hydrogen-bond donors (Lipinski definition) is 1. The molecule has 30 heavy (non-hydrogen) atoms. The first-order chi connectivity index (χ1) is 13.8. The van der Waals surface area contributed by atoms with Crippen molar-refractivity contribution in [1.29, 1.82) is 0 Å². The normalized spacial score (nSPS) is 13.0. The third-order valence-electron chi connectivity index (χ3n) is 4.17. The van der Waals surface area contributed by atoms with Crippen LogP contribution in [0.1, 0.15) is 59.4 Å². The lowest BCUT2D eigenvalue weighted by Crippen LogP contribution is -2.61. The van der Waals surface area contributed by atoms with Crippen molar-refractivity contribution in [2.45, 2.75) is 78.2 Å². The van der Waals surface area contributed by atoms with E-state index in [0.29, 0.717) is 12.0 Å². The summed E-state index contributed by atoms with van der Waals surface area (Å²) in [7, 11) is 0. The Morgan fingerprint density at radius 3 is 2.00 bits per heavy atom. The number of alkyl halides is 3. The molecular weight excluding hydrogens is 403 g/mol. The molecule has 1 amide bonds. The molecule has 0 saturated carbocycles. The van der Waals surface area contributed by atoms with Gasteiger partial charge in [-0.05, 0) is 39.2 Å². The van der Waals surface area contributed by atoms with Gasteiger partial charge in [0.15, 0.2) is 0 Å². The van der Waals surface area contributed by atoms with Gasteiger partial charge in [0, 0.05) is 6.42 Å². The van der Waals surface area contributed by atoms with Crippen LogP contribution in [0.2, 0.25) is 0 Å². The fraction of sp³-hybridized carbons (Fsp3) is 0.571. The Morgan fingerprint density at radius 1 is 1.10 bits per heavy atom. The van der Waals surface area contributed by atoms with Gasteiger partial charge in [0.2, 0.25) is 5.91 Å². The molecule has 0 heterocycles. The Hall–Kier alpha value is -2.58. The van der Waals surface area contributed by atoms with Crippen molar-refractivity contribution in [1.82, 2.24) is 4.90 Å². The van der Waals surface area contributed by atoms with Crippen molar-refractivity contribution in [2.75, 3.05) is 0 Å². The molecule has 0 saturated heterocycles. The number of nitrogens with zero attached hydrogens (tertiary/aromatic N) is 1. The van der Waals surface area contributed by atoms with Crippen LogP contribution in [-0.4, -0.2) is 45.8 Å². The molecule has 9 heteroatoms. The summed E-state index contributed by atoms with van der Waals surface area (Å²) in [5.41, 5.74) is -1.94. The van der Waals surface area contributed by atoms with Crippen LogP contribution in [-0.2, 0) is 25.5 Å². The number of hydrogen-bond acceptors (Lipinski definition) is 4. The van der Waals surface area contributed by atoms with E-state index in [4.69, 9.17) is 9.84 Å². The van der Waals surface area contributed by atoms with Crippen molar-refractivity contribution in [3.05, 3.63) is 35.9 Å². The largest absolute Gasteiger partial charge is 0.488 e. The second kappa shape index (κ2) is 12.2. The van der Waals surface area contributed by atoms with Crippen molar-refractivity contribution in [2.24, 2.45) is 0 Å². The molecule has 1 N–H and O–H groups in total. The molecule has 0 aliphatic rings. The highest BCUT2D eigenvalue weighted by Crippen LogP contribution is 2.33. The number of esters is 1. The van der Waals surface area contributed by atoms with Gasteiger partial charge in [-0.25, -0.2) is 9.69 Å². The number of rotatable bonds is 8. The van der Waals surface area contributed by atoms with E-state index in [1.54, 1.807) is 18.2 Å². The molecule has 170 valence electrons. The van der Waals surface area contributed by atoms with Gasteiger partial charge in [-0.1, -0.05) is 44.2 Å². The molecular formula is C21H30F3NO5. The van der Waals surface area contributed by atoms with E-state index in [9.17, 15) is 27.6 Å². The quantitative estimate of drug-likeness (QED) is 0.480. The predicted octanol–water partition coefficient (Wildman–Crippen LogP) is 4.57. The SMILES string of the molecule is CCC(C)(C(=O)O)N(C(=O)Cc1ccccc1)C(F)(F)F.CCCC(=O)OC(C)C. The van der Waals surface area contributed by atoms with E-state index in [0.717, 1.165) is 13.3 Å². The van der Waals surface area contributed by atoms with E-state index in [2.05, 4.69) is 0 Å². The maximum Gasteiger partial charge on any atom is 0.488 e. The van der Waals surface area contributed by atoms with Gasteiger partial charge in [-0.15, -0.1) is 13.2 Å². The number of benzene rings is 1. The summed E-state index contributed by atoms with van der Waals surface area (Å²) >= 11 is 0. The first-order valence-electron chi connectivity index (χ1n) is 9.66. The number of carbonyl (C=O) groups excluding carboxylic acids is 2. The van der Waals surface area contributed by atoms with Gasteiger partial charge in [-0.3, -0.25) is 9.59 Å². The average molecular weight is 433 g/mol. The fourth-order valence-corrected chi connectivity index (χ4v) is 2.48. The maximum atomic E-state index is 13.2. The maximum absolute atomic E-state index is 13.2. The smallest absolute Gasteiger partial charge is 0.480 e. The van der Waals surface area contributed by atoms with Crippen LogP contribution >= 0.6 is 0 Å². The van der Waals surface area contributed by atoms with E-state index >= 15 is 0 Å². The molecule has 0 aromatic heterocycles. The van der Waals surface area contributed by atoms with Gasteiger partial charge in [0.1, 0.15) is 5.54 Å². The molecule has 0 aliphatic heterocycles. The predicted molar refractivity (Wildman–Crippen MR) is 106 cm³/mol. The highest BCUT2D eigenvalue weighted by Gasteiger charge is 2.54. The van der Waals surface area contributed by atoms with Gasteiger partial charge in [0.25, 0.3) is 0 Å². The van der Waals surface area contributed by atoms with Crippen LogP contribution in [0.15, 0.2) is 30.3 Å². The number of aliphatic carboxylic acids is 1. The van der Waals surface area contributed by atoms with Crippen LogP contribution in [0.4, 0.5) is 13.2 Å². The standard InChI is InChI=1S/C14H16F3NO3.C7H14O2/c1-3-13(2,12(20)21)18(14(15,16)17)11(19)9-10-7-5-4-6-8-10;1-4-5-7(8)9-6(2)3/h4-8H,3,9H2,1-2H3,(H,20,21);6H,4-5H2,1-3H3. The van der Waals surface area contributed by atoms with Crippen LogP contribution in [0.25, 0.3) is 0 Å². The molecule has 0 spiro atoms. The number of carbonyl (C=O) groups is 3. The lowest BCUT2D eigenvalue weighted by Gasteiger charge is -2.38. The van der Waals surface area contributed by atoms with Crippen molar-refractivity contribution in [3.63, 3.8) is 0 Å². The van der Waals surface area contributed by atoms with Crippen LogP contribution in [0, 0.1) is 0 Å². The summed E-state index contributed by atoms with van der Waals surface area (Å²) in [5, 5.41) is 9.09. The van der Waals surface area contributed by atoms with Crippen molar-refractivity contribution in [3.8, 4) is 0 Å². The van der Waals surface area contributed by atoms with Gasteiger partial charge in [0.05, 0.1) is 12.5 Å². The summed E-state index contributed by atoms with van der Waals surface area (Å²) < 4.78 is 44.3. The summed E-state index contributed by atoms with van der Waals surface area (Å²) in [6.45, 7) is 7.86. The summed E-state index contributed by atoms with van der Waals surface area (Å²) in [5.74, 6) is -3.07. The number of halogens is 3. The molecule has 1 atom stereocenters. The lowest BCUT2D eigenvalue weighted by molar-refractivity contribution is -0.266. The highest BCUT2D eigenvalue weighted by molar-refractivity contribution is 5.88.